The van der Waals surface area contributed by atoms with Gasteiger partial charge in [0.25, 0.3) is 0 Å². The molecule has 82 valence electrons. The molecule has 2 rings (SSSR count). The highest BCUT2D eigenvalue weighted by Gasteiger charge is 2.15. The van der Waals surface area contributed by atoms with Crippen LogP contribution in [0.2, 0.25) is 0 Å². The van der Waals surface area contributed by atoms with E-state index in [0.717, 1.165) is 25.3 Å². The first-order valence-corrected chi connectivity index (χ1v) is 5.30. The number of hydrogen-bond acceptors (Lipinski definition) is 4. The van der Waals surface area contributed by atoms with Crippen molar-refractivity contribution in [1.82, 2.24) is 10.3 Å². The van der Waals surface area contributed by atoms with E-state index < -0.39 is 0 Å². The molecule has 15 heavy (non-hydrogen) atoms. The van der Waals surface area contributed by atoms with Crippen LogP contribution < -0.4 is 10.1 Å². The first-order chi connectivity index (χ1) is 7.40. The number of nitrogens with one attached hydrogen (secondary N) is 1. The molecule has 0 aromatic carbocycles. The second-order valence-electron chi connectivity index (χ2n) is 3.44. The normalized spacial score (nSPS) is 21.3. The van der Waals surface area contributed by atoms with Gasteiger partial charge in [-0.2, -0.15) is 0 Å². The van der Waals surface area contributed by atoms with Crippen molar-refractivity contribution in [2.24, 2.45) is 0 Å². The molecule has 1 unspecified atom stereocenters. The van der Waals surface area contributed by atoms with Crippen molar-refractivity contribution in [2.45, 2.75) is 13.0 Å². The van der Waals surface area contributed by atoms with E-state index in [1.54, 1.807) is 0 Å². The average Bonchev–Trinajstić information content (AvgIpc) is 2.32. The quantitative estimate of drug-likeness (QED) is 0.809. The van der Waals surface area contributed by atoms with Gasteiger partial charge in [0.15, 0.2) is 0 Å². The molecule has 1 N–H and O–H groups in total. The molecular weight excluding hydrogens is 192 g/mol. The van der Waals surface area contributed by atoms with Crippen LogP contribution in [0.1, 0.15) is 18.5 Å². The zero-order chi connectivity index (χ0) is 10.5. The molecule has 0 radical (unpaired) electrons. The molecule has 1 saturated heterocycles. The first-order valence-electron chi connectivity index (χ1n) is 5.30. The molecule has 0 saturated carbocycles. The first kappa shape index (κ1) is 10.4. The summed E-state index contributed by atoms with van der Waals surface area (Å²) >= 11 is 0. The fraction of sp³-hybridized carbons (Fsp3) is 0.545. The molecule has 0 amide bonds. The zero-order valence-electron chi connectivity index (χ0n) is 8.90. The SMILES string of the molecule is CCOc1ccc(C2COCCN2)cn1. The Kier molecular flexibility index (Phi) is 3.53. The van der Waals surface area contributed by atoms with Gasteiger partial charge >= 0.3 is 0 Å². The molecule has 0 aliphatic carbocycles. The van der Waals surface area contributed by atoms with Gasteiger partial charge < -0.3 is 14.8 Å². The van der Waals surface area contributed by atoms with E-state index in [9.17, 15) is 0 Å². The third-order valence-corrected chi connectivity index (χ3v) is 2.38. The van der Waals surface area contributed by atoms with E-state index in [0.29, 0.717) is 12.5 Å². The summed E-state index contributed by atoms with van der Waals surface area (Å²) in [6.07, 6.45) is 1.84. The van der Waals surface area contributed by atoms with Gasteiger partial charge in [-0.3, -0.25) is 0 Å². The van der Waals surface area contributed by atoms with Crippen molar-refractivity contribution in [3.05, 3.63) is 23.9 Å². The van der Waals surface area contributed by atoms with Crippen LogP contribution in [0.3, 0.4) is 0 Å². The lowest BCUT2D eigenvalue weighted by molar-refractivity contribution is 0.0767. The Morgan fingerprint density at radius 2 is 2.53 bits per heavy atom. The van der Waals surface area contributed by atoms with Gasteiger partial charge in [0.1, 0.15) is 0 Å². The second-order valence-corrected chi connectivity index (χ2v) is 3.44. The van der Waals surface area contributed by atoms with Crippen molar-refractivity contribution >= 4 is 0 Å². The summed E-state index contributed by atoms with van der Waals surface area (Å²) in [4.78, 5) is 4.23. The molecule has 1 fully saturated rings. The van der Waals surface area contributed by atoms with Gasteiger partial charge in [-0.15, -0.1) is 0 Å². The number of ether oxygens (including phenoxy) is 2. The minimum absolute atomic E-state index is 0.266. The van der Waals surface area contributed by atoms with Gasteiger partial charge in [-0.25, -0.2) is 4.98 Å². The Balaban J connectivity index is 2.02. The summed E-state index contributed by atoms with van der Waals surface area (Å²) in [5, 5.41) is 3.38. The zero-order valence-corrected chi connectivity index (χ0v) is 8.90. The van der Waals surface area contributed by atoms with Crippen LogP contribution in [-0.4, -0.2) is 31.3 Å². The molecule has 2 heterocycles. The Bertz CT molecular complexity index is 294. The second kappa shape index (κ2) is 5.09. The Morgan fingerprint density at radius 1 is 1.60 bits per heavy atom. The third-order valence-electron chi connectivity index (χ3n) is 2.38. The third kappa shape index (κ3) is 2.67. The predicted molar refractivity (Wildman–Crippen MR) is 57.0 cm³/mol. The lowest BCUT2D eigenvalue weighted by Crippen LogP contribution is -2.34. The highest BCUT2D eigenvalue weighted by atomic mass is 16.5. The summed E-state index contributed by atoms with van der Waals surface area (Å²) in [7, 11) is 0. The lowest BCUT2D eigenvalue weighted by atomic mass is 10.1. The van der Waals surface area contributed by atoms with Gasteiger partial charge in [0, 0.05) is 18.8 Å². The van der Waals surface area contributed by atoms with Crippen LogP contribution in [0.4, 0.5) is 0 Å². The Labute approximate surface area is 89.6 Å². The molecule has 1 aromatic rings. The van der Waals surface area contributed by atoms with Crippen molar-refractivity contribution in [1.29, 1.82) is 0 Å². The topological polar surface area (TPSA) is 43.4 Å². The predicted octanol–water partition coefficient (Wildman–Crippen LogP) is 1.14. The van der Waals surface area contributed by atoms with E-state index in [4.69, 9.17) is 9.47 Å². The Morgan fingerprint density at radius 3 is 3.13 bits per heavy atom. The molecule has 1 atom stereocenters. The maximum atomic E-state index is 5.39. The summed E-state index contributed by atoms with van der Waals surface area (Å²) in [6.45, 7) is 5.01. The van der Waals surface area contributed by atoms with E-state index in [1.807, 2.05) is 25.3 Å². The molecule has 0 spiro atoms. The van der Waals surface area contributed by atoms with Gasteiger partial charge in [0.05, 0.1) is 25.9 Å². The summed E-state index contributed by atoms with van der Waals surface area (Å²) in [5.41, 5.74) is 1.15. The summed E-state index contributed by atoms with van der Waals surface area (Å²) in [5.74, 6) is 0.679. The van der Waals surface area contributed by atoms with Crippen LogP contribution in [0.15, 0.2) is 18.3 Å². The highest BCUT2D eigenvalue weighted by molar-refractivity contribution is 5.21. The number of aromatic nitrogens is 1. The van der Waals surface area contributed by atoms with Crippen molar-refractivity contribution in [3.63, 3.8) is 0 Å². The van der Waals surface area contributed by atoms with Gasteiger partial charge in [-0.05, 0) is 12.5 Å². The van der Waals surface area contributed by atoms with Crippen molar-refractivity contribution in [2.75, 3.05) is 26.4 Å². The van der Waals surface area contributed by atoms with Crippen molar-refractivity contribution in [3.8, 4) is 5.88 Å². The van der Waals surface area contributed by atoms with Crippen LogP contribution in [0.25, 0.3) is 0 Å². The van der Waals surface area contributed by atoms with Gasteiger partial charge in [-0.1, -0.05) is 6.07 Å². The van der Waals surface area contributed by atoms with E-state index >= 15 is 0 Å². The van der Waals surface area contributed by atoms with E-state index in [1.165, 1.54) is 0 Å². The number of pyridine rings is 1. The van der Waals surface area contributed by atoms with Crippen molar-refractivity contribution < 1.29 is 9.47 Å². The van der Waals surface area contributed by atoms with E-state index in [-0.39, 0.29) is 6.04 Å². The highest BCUT2D eigenvalue weighted by Crippen LogP contribution is 2.16. The number of nitrogens with zero attached hydrogens (tertiary/aromatic N) is 1. The molecule has 1 aliphatic rings. The van der Waals surface area contributed by atoms with Gasteiger partial charge in [0.2, 0.25) is 5.88 Å². The van der Waals surface area contributed by atoms with E-state index in [2.05, 4.69) is 10.3 Å². The summed E-state index contributed by atoms with van der Waals surface area (Å²) in [6, 6.07) is 4.20. The smallest absolute Gasteiger partial charge is 0.213 e. The minimum atomic E-state index is 0.266. The molecule has 4 heteroatoms. The standard InChI is InChI=1S/C11H16N2O2/c1-2-15-11-4-3-9(7-13-11)10-8-14-6-5-12-10/h3-4,7,10,12H,2,5-6,8H2,1H3. The lowest BCUT2D eigenvalue weighted by Gasteiger charge is -2.23. The fourth-order valence-electron chi connectivity index (χ4n) is 1.61. The molecular formula is C11H16N2O2. The maximum absolute atomic E-state index is 5.39. The number of hydrogen-bond donors (Lipinski definition) is 1. The maximum Gasteiger partial charge on any atom is 0.213 e. The Hall–Kier alpha value is -1.13. The number of rotatable bonds is 3. The van der Waals surface area contributed by atoms with Crippen LogP contribution in [-0.2, 0) is 4.74 Å². The monoisotopic (exact) mass is 208 g/mol. The largest absolute Gasteiger partial charge is 0.478 e. The van der Waals surface area contributed by atoms with Crippen LogP contribution >= 0.6 is 0 Å². The average molecular weight is 208 g/mol. The fourth-order valence-corrected chi connectivity index (χ4v) is 1.61. The molecule has 4 nitrogen and oxygen atoms in total. The summed E-state index contributed by atoms with van der Waals surface area (Å²) < 4.78 is 10.7. The van der Waals surface area contributed by atoms with Crippen LogP contribution in [0, 0.1) is 0 Å². The molecule has 0 bridgehead atoms. The number of morpholine rings is 1. The molecule has 1 aliphatic heterocycles. The molecule has 1 aromatic heterocycles. The van der Waals surface area contributed by atoms with Crippen LogP contribution in [0.5, 0.6) is 5.88 Å². The minimum Gasteiger partial charge on any atom is -0.478 e.